The number of carbonyl (C=O) groups excluding carboxylic acids is 1. The summed E-state index contributed by atoms with van der Waals surface area (Å²) in [6, 6.07) is 7.77. The Morgan fingerprint density at radius 1 is 1.40 bits per heavy atom. The van der Waals surface area contributed by atoms with Crippen molar-refractivity contribution in [3.05, 3.63) is 53.1 Å². The Hall–Kier alpha value is -2.18. The van der Waals surface area contributed by atoms with Crippen molar-refractivity contribution in [1.29, 1.82) is 0 Å². The van der Waals surface area contributed by atoms with E-state index in [1.807, 2.05) is 52.0 Å². The van der Waals surface area contributed by atoms with E-state index >= 15 is 0 Å². The number of amides is 1. The molecule has 134 valence electrons. The van der Waals surface area contributed by atoms with Crippen molar-refractivity contribution in [2.45, 2.75) is 46.1 Å². The zero-order chi connectivity index (χ0) is 18.0. The van der Waals surface area contributed by atoms with Crippen LogP contribution in [0.3, 0.4) is 0 Å². The first-order valence-corrected chi connectivity index (χ1v) is 8.52. The van der Waals surface area contributed by atoms with Gasteiger partial charge in [0.1, 0.15) is 6.10 Å². The van der Waals surface area contributed by atoms with Crippen LogP contribution in [0.2, 0.25) is 0 Å². The summed E-state index contributed by atoms with van der Waals surface area (Å²) >= 11 is 0. The average Bonchev–Trinajstić information content (AvgIpc) is 3.07. The van der Waals surface area contributed by atoms with Gasteiger partial charge in [0.25, 0.3) is 5.91 Å². The summed E-state index contributed by atoms with van der Waals surface area (Å²) in [6.07, 6.45) is 1.67. The Morgan fingerprint density at radius 3 is 2.84 bits per heavy atom. The second kappa shape index (κ2) is 6.98. The minimum Gasteiger partial charge on any atom is -0.349 e. The van der Waals surface area contributed by atoms with Gasteiger partial charge in [0, 0.05) is 24.1 Å². The molecule has 1 unspecified atom stereocenters. The highest BCUT2D eigenvalue weighted by Gasteiger charge is 2.32. The van der Waals surface area contributed by atoms with Crippen molar-refractivity contribution in [2.75, 3.05) is 13.2 Å². The van der Waals surface area contributed by atoms with Crippen LogP contribution in [0, 0.1) is 13.8 Å². The summed E-state index contributed by atoms with van der Waals surface area (Å²) in [7, 11) is 0. The molecule has 0 saturated carbocycles. The zero-order valence-electron chi connectivity index (χ0n) is 15.2. The molecule has 3 heterocycles. The molecule has 6 nitrogen and oxygen atoms in total. The van der Waals surface area contributed by atoms with Crippen LogP contribution in [0.4, 0.5) is 0 Å². The summed E-state index contributed by atoms with van der Waals surface area (Å²) in [6.45, 7) is 9.30. The number of hydrogen-bond acceptors (Lipinski definition) is 4. The van der Waals surface area contributed by atoms with Gasteiger partial charge in [-0.25, -0.2) is 0 Å². The Bertz CT molecular complexity index is 753. The quantitative estimate of drug-likeness (QED) is 0.905. The lowest BCUT2D eigenvalue weighted by Crippen LogP contribution is -2.34. The van der Waals surface area contributed by atoms with E-state index in [2.05, 4.69) is 14.9 Å². The highest BCUT2D eigenvalue weighted by atomic mass is 16.7. The van der Waals surface area contributed by atoms with Crippen LogP contribution >= 0.6 is 0 Å². The SMILES string of the molecule is Cc1cc(C(=O)NCC2COC(C)(C)O2)c(C)n1Cc1ccccn1. The highest BCUT2D eigenvalue weighted by molar-refractivity contribution is 5.95. The van der Waals surface area contributed by atoms with Crippen molar-refractivity contribution >= 4 is 5.91 Å². The molecule has 0 spiro atoms. The first-order chi connectivity index (χ1) is 11.9. The zero-order valence-corrected chi connectivity index (χ0v) is 15.2. The molecule has 0 radical (unpaired) electrons. The van der Waals surface area contributed by atoms with Crippen molar-refractivity contribution in [2.24, 2.45) is 0 Å². The van der Waals surface area contributed by atoms with Gasteiger partial charge in [-0.2, -0.15) is 0 Å². The van der Waals surface area contributed by atoms with E-state index in [0.29, 0.717) is 25.3 Å². The van der Waals surface area contributed by atoms with Crippen LogP contribution in [0.5, 0.6) is 0 Å². The molecule has 1 aliphatic rings. The Kier molecular flexibility index (Phi) is 4.92. The van der Waals surface area contributed by atoms with Gasteiger partial charge in [0.05, 0.1) is 24.4 Å². The normalized spacial score (nSPS) is 19.1. The number of aromatic nitrogens is 2. The predicted molar refractivity (Wildman–Crippen MR) is 94.5 cm³/mol. The summed E-state index contributed by atoms with van der Waals surface area (Å²) in [4.78, 5) is 16.9. The molecule has 1 saturated heterocycles. The predicted octanol–water partition coefficient (Wildman–Crippen LogP) is 2.43. The summed E-state index contributed by atoms with van der Waals surface area (Å²) in [5, 5.41) is 2.95. The number of hydrogen-bond donors (Lipinski definition) is 1. The second-order valence-electron chi connectivity index (χ2n) is 6.85. The molecule has 1 N–H and O–H groups in total. The van der Waals surface area contributed by atoms with Crippen molar-refractivity contribution in [3.8, 4) is 0 Å². The third-order valence-corrected chi connectivity index (χ3v) is 4.42. The van der Waals surface area contributed by atoms with Gasteiger partial charge in [-0.3, -0.25) is 9.78 Å². The fourth-order valence-electron chi connectivity index (χ4n) is 3.09. The van der Waals surface area contributed by atoms with Crippen LogP contribution in [0.15, 0.2) is 30.5 Å². The molecular weight excluding hydrogens is 318 g/mol. The minimum absolute atomic E-state index is 0.0892. The van der Waals surface area contributed by atoms with E-state index in [1.165, 1.54) is 0 Å². The molecule has 1 aliphatic heterocycles. The van der Waals surface area contributed by atoms with Crippen LogP contribution in [0.25, 0.3) is 0 Å². The third kappa shape index (κ3) is 4.08. The second-order valence-corrected chi connectivity index (χ2v) is 6.85. The maximum absolute atomic E-state index is 12.6. The Labute approximate surface area is 148 Å². The molecule has 2 aromatic rings. The molecule has 25 heavy (non-hydrogen) atoms. The topological polar surface area (TPSA) is 65.4 Å². The average molecular weight is 343 g/mol. The monoisotopic (exact) mass is 343 g/mol. The van der Waals surface area contributed by atoms with E-state index in [-0.39, 0.29) is 12.0 Å². The van der Waals surface area contributed by atoms with E-state index in [1.54, 1.807) is 6.20 Å². The first kappa shape index (κ1) is 17.6. The lowest BCUT2D eigenvalue weighted by atomic mass is 10.2. The maximum Gasteiger partial charge on any atom is 0.253 e. The van der Waals surface area contributed by atoms with Gasteiger partial charge in [-0.15, -0.1) is 0 Å². The fraction of sp³-hybridized carbons (Fsp3) is 0.474. The highest BCUT2D eigenvalue weighted by Crippen LogP contribution is 2.22. The Balaban J connectivity index is 1.66. The van der Waals surface area contributed by atoms with Crippen LogP contribution in [0.1, 0.15) is 41.3 Å². The molecule has 6 heteroatoms. The summed E-state index contributed by atoms with van der Waals surface area (Å²) < 4.78 is 13.3. The van der Waals surface area contributed by atoms with Gasteiger partial charge >= 0.3 is 0 Å². The number of nitrogens with zero attached hydrogens (tertiary/aromatic N) is 2. The molecule has 3 rings (SSSR count). The molecular formula is C19H25N3O3. The van der Waals surface area contributed by atoms with E-state index in [4.69, 9.17) is 9.47 Å². The van der Waals surface area contributed by atoms with E-state index < -0.39 is 5.79 Å². The van der Waals surface area contributed by atoms with Crippen LogP contribution in [-0.4, -0.2) is 40.5 Å². The maximum atomic E-state index is 12.6. The number of aryl methyl sites for hydroxylation is 1. The standard InChI is InChI=1S/C19H25N3O3/c1-13-9-17(14(2)22(13)11-15-7-5-6-8-20-15)18(23)21-10-16-12-24-19(3,4)25-16/h5-9,16H,10-12H2,1-4H3,(H,21,23). The largest absolute Gasteiger partial charge is 0.349 e. The Morgan fingerprint density at radius 2 is 2.20 bits per heavy atom. The van der Waals surface area contributed by atoms with Gasteiger partial charge in [-0.05, 0) is 45.9 Å². The number of nitrogens with one attached hydrogen (secondary N) is 1. The van der Waals surface area contributed by atoms with Crippen LogP contribution < -0.4 is 5.32 Å². The van der Waals surface area contributed by atoms with Gasteiger partial charge < -0.3 is 19.4 Å². The minimum atomic E-state index is -0.575. The smallest absolute Gasteiger partial charge is 0.253 e. The van der Waals surface area contributed by atoms with E-state index in [0.717, 1.165) is 17.1 Å². The molecule has 1 atom stereocenters. The molecule has 1 fully saturated rings. The van der Waals surface area contributed by atoms with Crippen molar-refractivity contribution in [1.82, 2.24) is 14.9 Å². The molecule has 1 amide bonds. The first-order valence-electron chi connectivity index (χ1n) is 8.52. The summed E-state index contributed by atoms with van der Waals surface area (Å²) in [5.74, 6) is -0.665. The lowest BCUT2D eigenvalue weighted by molar-refractivity contribution is -0.137. The number of pyridine rings is 1. The van der Waals surface area contributed by atoms with Crippen molar-refractivity contribution < 1.29 is 14.3 Å². The molecule has 0 aromatic carbocycles. The number of rotatable bonds is 5. The van der Waals surface area contributed by atoms with Gasteiger partial charge in [0.15, 0.2) is 5.79 Å². The van der Waals surface area contributed by atoms with Gasteiger partial charge in [0.2, 0.25) is 0 Å². The third-order valence-electron chi connectivity index (χ3n) is 4.42. The molecule has 0 aliphatic carbocycles. The molecule has 2 aromatic heterocycles. The van der Waals surface area contributed by atoms with Crippen LogP contribution in [-0.2, 0) is 16.0 Å². The van der Waals surface area contributed by atoms with Gasteiger partial charge in [-0.1, -0.05) is 6.07 Å². The number of carbonyl (C=O) groups is 1. The number of ether oxygens (including phenoxy) is 2. The molecule has 0 bridgehead atoms. The fourth-order valence-corrected chi connectivity index (χ4v) is 3.09. The lowest BCUT2D eigenvalue weighted by Gasteiger charge is -2.17. The van der Waals surface area contributed by atoms with E-state index in [9.17, 15) is 4.79 Å². The summed E-state index contributed by atoms with van der Waals surface area (Å²) in [5.41, 5.74) is 3.63. The van der Waals surface area contributed by atoms with Crippen molar-refractivity contribution in [3.63, 3.8) is 0 Å².